The van der Waals surface area contributed by atoms with Gasteiger partial charge in [-0.25, -0.2) is 0 Å². The third kappa shape index (κ3) is 2.22. The zero-order chi connectivity index (χ0) is 11.6. The zero-order valence-electron chi connectivity index (χ0n) is 9.66. The zero-order valence-corrected chi connectivity index (χ0v) is 9.66. The van der Waals surface area contributed by atoms with E-state index in [-0.39, 0.29) is 23.3 Å². The molecule has 5 nitrogen and oxygen atoms in total. The maximum absolute atomic E-state index is 11.5. The van der Waals surface area contributed by atoms with Crippen molar-refractivity contribution in [1.29, 1.82) is 0 Å². The van der Waals surface area contributed by atoms with Gasteiger partial charge in [-0.05, 0) is 26.7 Å². The number of nitrogens with two attached hydrogens (primary N) is 2. The van der Waals surface area contributed by atoms with Gasteiger partial charge in [-0.2, -0.15) is 0 Å². The molecular formula is C10H20N4O. The fourth-order valence-electron chi connectivity index (χ4n) is 1.97. The van der Waals surface area contributed by atoms with Crippen LogP contribution in [0.4, 0.5) is 0 Å². The molecule has 1 aliphatic heterocycles. The lowest BCUT2D eigenvalue weighted by Gasteiger charge is -2.52. The Kier molecular flexibility index (Phi) is 3.21. The number of β-lactam (4-membered cyclic amide) rings is 1. The number of amides is 1. The molecule has 0 aromatic heterocycles. The smallest absolute Gasteiger partial charge is 0.228 e. The summed E-state index contributed by atoms with van der Waals surface area (Å²) in [6.45, 7) is 4.77. The van der Waals surface area contributed by atoms with Crippen LogP contribution in [0.25, 0.3) is 0 Å². The second kappa shape index (κ2) is 4.08. The van der Waals surface area contributed by atoms with Gasteiger partial charge in [0.25, 0.3) is 0 Å². The van der Waals surface area contributed by atoms with Gasteiger partial charge in [-0.3, -0.25) is 9.79 Å². The minimum absolute atomic E-state index is 0.0188. The number of likely N-dealkylation sites (tertiary alicyclic amines) is 1. The van der Waals surface area contributed by atoms with Crippen molar-refractivity contribution in [2.24, 2.45) is 22.4 Å². The maximum atomic E-state index is 11.5. The largest absolute Gasteiger partial charge is 0.370 e. The van der Waals surface area contributed by atoms with Crippen molar-refractivity contribution in [3.63, 3.8) is 0 Å². The third-order valence-corrected chi connectivity index (χ3v) is 3.29. The summed E-state index contributed by atoms with van der Waals surface area (Å²) in [4.78, 5) is 17.2. The molecule has 5 heteroatoms. The average molecular weight is 212 g/mol. The molecule has 86 valence electrons. The van der Waals surface area contributed by atoms with E-state index in [1.807, 2.05) is 7.05 Å². The third-order valence-electron chi connectivity index (χ3n) is 3.29. The molecule has 4 N–H and O–H groups in total. The van der Waals surface area contributed by atoms with E-state index in [1.54, 1.807) is 4.90 Å². The summed E-state index contributed by atoms with van der Waals surface area (Å²) in [7, 11) is 1.84. The Labute approximate surface area is 90.5 Å². The van der Waals surface area contributed by atoms with Gasteiger partial charge in [-0.15, -0.1) is 0 Å². The van der Waals surface area contributed by atoms with Crippen molar-refractivity contribution >= 4 is 11.9 Å². The molecule has 0 aromatic carbocycles. The van der Waals surface area contributed by atoms with Crippen LogP contribution in [0.5, 0.6) is 0 Å². The van der Waals surface area contributed by atoms with Gasteiger partial charge < -0.3 is 16.4 Å². The molecule has 1 amide bonds. The van der Waals surface area contributed by atoms with Gasteiger partial charge in [0.05, 0.1) is 5.92 Å². The second-order valence-corrected chi connectivity index (χ2v) is 4.55. The minimum Gasteiger partial charge on any atom is -0.370 e. The molecule has 0 unspecified atom stereocenters. The molecule has 1 aliphatic rings. The van der Waals surface area contributed by atoms with E-state index < -0.39 is 0 Å². The first-order chi connectivity index (χ1) is 6.87. The highest BCUT2D eigenvalue weighted by Crippen LogP contribution is 2.38. The molecule has 0 bridgehead atoms. The van der Waals surface area contributed by atoms with Crippen LogP contribution >= 0.6 is 0 Å². The highest BCUT2D eigenvalue weighted by Gasteiger charge is 2.50. The lowest BCUT2D eigenvalue weighted by atomic mass is 9.74. The Bertz CT molecular complexity index is 281. The Balaban J connectivity index is 2.35. The lowest BCUT2D eigenvalue weighted by Crippen LogP contribution is -2.65. The Hall–Kier alpha value is -1.26. The SMILES string of the molecule is CN1C(=O)[C@H](CCCN=C(N)N)C1(C)C. The molecule has 0 spiro atoms. The highest BCUT2D eigenvalue weighted by atomic mass is 16.2. The van der Waals surface area contributed by atoms with Crippen LogP contribution < -0.4 is 11.5 Å². The van der Waals surface area contributed by atoms with Crippen LogP contribution in [0.15, 0.2) is 4.99 Å². The molecule has 1 fully saturated rings. The predicted molar refractivity (Wildman–Crippen MR) is 60.2 cm³/mol. The summed E-state index contributed by atoms with van der Waals surface area (Å²) in [5.74, 6) is 0.465. The van der Waals surface area contributed by atoms with Gasteiger partial charge in [-0.1, -0.05) is 0 Å². The van der Waals surface area contributed by atoms with Gasteiger partial charge in [0.15, 0.2) is 5.96 Å². The highest BCUT2D eigenvalue weighted by molar-refractivity contribution is 5.87. The van der Waals surface area contributed by atoms with E-state index in [1.165, 1.54) is 0 Å². The first-order valence-electron chi connectivity index (χ1n) is 5.20. The van der Waals surface area contributed by atoms with Crippen molar-refractivity contribution in [3.05, 3.63) is 0 Å². The van der Waals surface area contributed by atoms with Gasteiger partial charge >= 0.3 is 0 Å². The van der Waals surface area contributed by atoms with E-state index in [0.29, 0.717) is 6.54 Å². The number of hydrogen-bond donors (Lipinski definition) is 2. The van der Waals surface area contributed by atoms with E-state index in [2.05, 4.69) is 18.8 Å². The van der Waals surface area contributed by atoms with E-state index in [9.17, 15) is 4.79 Å². The molecule has 1 saturated heterocycles. The Morgan fingerprint density at radius 2 is 2.13 bits per heavy atom. The average Bonchev–Trinajstić information content (AvgIpc) is 2.15. The molecule has 0 saturated carbocycles. The van der Waals surface area contributed by atoms with Crippen molar-refractivity contribution < 1.29 is 4.79 Å². The summed E-state index contributed by atoms with van der Waals surface area (Å²) in [6.07, 6.45) is 1.71. The van der Waals surface area contributed by atoms with Gasteiger partial charge in [0.2, 0.25) is 5.91 Å². The first kappa shape index (κ1) is 11.8. The van der Waals surface area contributed by atoms with E-state index in [0.717, 1.165) is 12.8 Å². The summed E-state index contributed by atoms with van der Waals surface area (Å²) >= 11 is 0. The number of carbonyl (C=O) groups is 1. The van der Waals surface area contributed by atoms with E-state index in [4.69, 9.17) is 11.5 Å². The van der Waals surface area contributed by atoms with Gasteiger partial charge in [0.1, 0.15) is 0 Å². The maximum Gasteiger partial charge on any atom is 0.228 e. The molecule has 0 radical (unpaired) electrons. The molecule has 0 aliphatic carbocycles. The van der Waals surface area contributed by atoms with Gasteiger partial charge in [0, 0.05) is 19.1 Å². The summed E-state index contributed by atoms with van der Waals surface area (Å²) in [5, 5.41) is 0. The van der Waals surface area contributed by atoms with Crippen LogP contribution in [0, 0.1) is 5.92 Å². The van der Waals surface area contributed by atoms with Crippen LogP contribution in [0.3, 0.4) is 0 Å². The molecule has 0 aromatic rings. The molecule has 15 heavy (non-hydrogen) atoms. The normalized spacial score (nSPS) is 23.5. The second-order valence-electron chi connectivity index (χ2n) is 4.55. The topological polar surface area (TPSA) is 84.7 Å². The van der Waals surface area contributed by atoms with Crippen molar-refractivity contribution in [3.8, 4) is 0 Å². The molecule has 1 heterocycles. The van der Waals surface area contributed by atoms with E-state index >= 15 is 0 Å². The number of hydrogen-bond acceptors (Lipinski definition) is 2. The number of carbonyl (C=O) groups excluding carboxylic acids is 1. The first-order valence-corrected chi connectivity index (χ1v) is 5.20. The Morgan fingerprint density at radius 1 is 1.53 bits per heavy atom. The fourth-order valence-corrected chi connectivity index (χ4v) is 1.97. The van der Waals surface area contributed by atoms with Crippen molar-refractivity contribution in [1.82, 2.24) is 4.90 Å². The lowest BCUT2D eigenvalue weighted by molar-refractivity contribution is -0.163. The standard InChI is InChI=1S/C10H20N4O/c1-10(2)7(8(15)14(10)3)5-4-6-13-9(11)12/h7H,4-6H2,1-3H3,(H4,11,12,13)/t7-/m0/s1. The van der Waals surface area contributed by atoms with Crippen molar-refractivity contribution in [2.45, 2.75) is 32.2 Å². The number of rotatable bonds is 4. The monoisotopic (exact) mass is 212 g/mol. The number of guanidine groups is 1. The molecule has 1 atom stereocenters. The summed E-state index contributed by atoms with van der Waals surface area (Å²) in [5.41, 5.74) is 10.4. The van der Waals surface area contributed by atoms with Crippen LogP contribution in [0.2, 0.25) is 0 Å². The molecular weight excluding hydrogens is 192 g/mol. The number of aliphatic imine (C=N–C) groups is 1. The van der Waals surface area contributed by atoms with Crippen LogP contribution in [-0.2, 0) is 4.79 Å². The molecule has 1 rings (SSSR count). The fraction of sp³-hybridized carbons (Fsp3) is 0.800. The Morgan fingerprint density at radius 3 is 2.60 bits per heavy atom. The van der Waals surface area contributed by atoms with Crippen LogP contribution in [0.1, 0.15) is 26.7 Å². The van der Waals surface area contributed by atoms with Crippen LogP contribution in [-0.4, -0.2) is 35.9 Å². The quantitative estimate of drug-likeness (QED) is 0.295. The minimum atomic E-state index is -0.0188. The summed E-state index contributed by atoms with van der Waals surface area (Å²) in [6, 6.07) is 0. The number of nitrogens with zero attached hydrogens (tertiary/aromatic N) is 2. The van der Waals surface area contributed by atoms with Crippen molar-refractivity contribution in [2.75, 3.05) is 13.6 Å². The predicted octanol–water partition coefficient (Wildman–Crippen LogP) is -0.0932. The summed E-state index contributed by atoms with van der Waals surface area (Å²) < 4.78 is 0.